The maximum atomic E-state index is 11.9. The Morgan fingerprint density at radius 3 is 2.52 bits per heavy atom. The van der Waals surface area contributed by atoms with E-state index >= 15 is 0 Å². The van der Waals surface area contributed by atoms with Crippen LogP contribution in [0.3, 0.4) is 0 Å². The molecule has 21 heavy (non-hydrogen) atoms. The maximum Gasteiger partial charge on any atom is 0.237 e. The Hall–Kier alpha value is -2.28. The molecule has 0 saturated carbocycles. The summed E-state index contributed by atoms with van der Waals surface area (Å²) in [5.74, 6) is 0.394. The van der Waals surface area contributed by atoms with E-state index < -0.39 is 6.04 Å². The zero-order valence-corrected chi connectivity index (χ0v) is 12.4. The molecular formula is C14H20N6O. The minimum absolute atomic E-state index is 0.148. The van der Waals surface area contributed by atoms with Crippen LogP contribution in [-0.4, -0.2) is 32.6 Å². The molecule has 0 fully saturated rings. The molecule has 0 radical (unpaired) electrons. The number of rotatable bonds is 4. The number of hydrogen-bond donors (Lipinski definition) is 3. The summed E-state index contributed by atoms with van der Waals surface area (Å²) in [4.78, 5) is 11.9. The average Bonchev–Trinajstić information content (AvgIpc) is 2.97. The van der Waals surface area contributed by atoms with Crippen LogP contribution in [0.15, 0.2) is 24.3 Å². The highest BCUT2D eigenvalue weighted by molar-refractivity contribution is 5.82. The predicted octanol–water partition coefficient (Wildman–Crippen LogP) is 0.856. The van der Waals surface area contributed by atoms with E-state index in [1.165, 1.54) is 0 Å². The summed E-state index contributed by atoms with van der Waals surface area (Å²) >= 11 is 0. The third kappa shape index (κ3) is 3.85. The van der Waals surface area contributed by atoms with Gasteiger partial charge in [0.25, 0.3) is 0 Å². The van der Waals surface area contributed by atoms with Gasteiger partial charge in [0, 0.05) is 12.1 Å². The molecule has 0 unspecified atom stereocenters. The zero-order valence-electron chi connectivity index (χ0n) is 12.4. The molecule has 1 amide bonds. The molecule has 0 aliphatic heterocycles. The summed E-state index contributed by atoms with van der Waals surface area (Å²) in [7, 11) is 0. The SMILES string of the molecule is CC(C)(C)[C@H](N)C(=O)NCc1ccc(-c2nn[nH]n2)cc1. The van der Waals surface area contributed by atoms with Gasteiger partial charge in [-0.05, 0) is 16.2 Å². The molecule has 4 N–H and O–H groups in total. The fraction of sp³-hybridized carbons (Fsp3) is 0.429. The number of aromatic nitrogens is 4. The number of H-pyrrole nitrogens is 1. The van der Waals surface area contributed by atoms with Crippen LogP contribution in [0.4, 0.5) is 0 Å². The van der Waals surface area contributed by atoms with Gasteiger partial charge in [-0.25, -0.2) is 0 Å². The van der Waals surface area contributed by atoms with Crippen molar-refractivity contribution in [3.8, 4) is 11.4 Å². The summed E-state index contributed by atoms with van der Waals surface area (Å²) in [6, 6.07) is 7.06. The molecule has 1 heterocycles. The van der Waals surface area contributed by atoms with Gasteiger partial charge in [0.15, 0.2) is 0 Å². The molecule has 2 rings (SSSR count). The first-order valence-electron chi connectivity index (χ1n) is 6.74. The van der Waals surface area contributed by atoms with E-state index in [2.05, 4.69) is 25.9 Å². The Morgan fingerprint density at radius 1 is 1.33 bits per heavy atom. The molecule has 2 aromatic rings. The van der Waals surface area contributed by atoms with Gasteiger partial charge in [0.1, 0.15) is 0 Å². The van der Waals surface area contributed by atoms with Gasteiger partial charge >= 0.3 is 0 Å². The monoisotopic (exact) mass is 288 g/mol. The topological polar surface area (TPSA) is 110 Å². The Kier molecular flexibility index (Phi) is 4.32. The quantitative estimate of drug-likeness (QED) is 0.773. The first-order chi connectivity index (χ1) is 9.88. The molecule has 0 aliphatic carbocycles. The molecule has 1 atom stereocenters. The Labute approximate surface area is 123 Å². The lowest BCUT2D eigenvalue weighted by atomic mass is 9.87. The zero-order chi connectivity index (χ0) is 15.5. The van der Waals surface area contributed by atoms with Crippen LogP contribution >= 0.6 is 0 Å². The molecule has 0 bridgehead atoms. The Balaban J connectivity index is 1.94. The number of benzene rings is 1. The molecule has 0 aliphatic rings. The fourth-order valence-electron chi connectivity index (χ4n) is 1.75. The number of aromatic amines is 1. The van der Waals surface area contributed by atoms with E-state index in [0.29, 0.717) is 12.4 Å². The number of carbonyl (C=O) groups excluding carboxylic acids is 1. The Bertz CT molecular complexity index is 585. The predicted molar refractivity (Wildman–Crippen MR) is 78.9 cm³/mol. The van der Waals surface area contributed by atoms with E-state index in [4.69, 9.17) is 5.73 Å². The molecule has 1 aromatic carbocycles. The van der Waals surface area contributed by atoms with Gasteiger partial charge in [-0.1, -0.05) is 45.0 Å². The van der Waals surface area contributed by atoms with Gasteiger partial charge in [-0.15, -0.1) is 10.2 Å². The normalized spacial score (nSPS) is 13.0. The smallest absolute Gasteiger partial charge is 0.237 e. The van der Waals surface area contributed by atoms with E-state index in [1.807, 2.05) is 45.0 Å². The molecule has 0 spiro atoms. The summed E-state index contributed by atoms with van der Waals surface area (Å²) in [6.07, 6.45) is 0. The molecule has 1 aromatic heterocycles. The molecule has 0 saturated heterocycles. The van der Waals surface area contributed by atoms with Gasteiger partial charge in [-0.2, -0.15) is 5.21 Å². The number of amides is 1. The van der Waals surface area contributed by atoms with Crippen LogP contribution in [0.2, 0.25) is 0 Å². The molecule has 7 heteroatoms. The van der Waals surface area contributed by atoms with E-state index in [9.17, 15) is 4.79 Å². The van der Waals surface area contributed by atoms with Crippen LogP contribution in [-0.2, 0) is 11.3 Å². The number of nitrogens with zero attached hydrogens (tertiary/aromatic N) is 3. The molecule has 7 nitrogen and oxygen atoms in total. The summed E-state index contributed by atoms with van der Waals surface area (Å²) in [5, 5.41) is 16.6. The molecular weight excluding hydrogens is 268 g/mol. The van der Waals surface area contributed by atoms with E-state index in [0.717, 1.165) is 11.1 Å². The van der Waals surface area contributed by atoms with Gasteiger partial charge in [-0.3, -0.25) is 4.79 Å². The molecule has 112 valence electrons. The van der Waals surface area contributed by atoms with Crippen molar-refractivity contribution in [1.29, 1.82) is 0 Å². The first kappa shape index (κ1) is 15.1. The van der Waals surface area contributed by atoms with Crippen LogP contribution in [0, 0.1) is 5.41 Å². The maximum absolute atomic E-state index is 11.9. The lowest BCUT2D eigenvalue weighted by Crippen LogP contribution is -2.48. The number of carbonyl (C=O) groups is 1. The van der Waals surface area contributed by atoms with Crippen molar-refractivity contribution < 1.29 is 4.79 Å². The van der Waals surface area contributed by atoms with E-state index in [1.54, 1.807) is 0 Å². The lowest BCUT2D eigenvalue weighted by molar-refractivity contribution is -0.124. The highest BCUT2D eigenvalue weighted by Gasteiger charge is 2.26. The largest absolute Gasteiger partial charge is 0.351 e. The third-order valence-electron chi connectivity index (χ3n) is 3.24. The van der Waals surface area contributed by atoms with Crippen molar-refractivity contribution in [2.75, 3.05) is 0 Å². The van der Waals surface area contributed by atoms with Crippen molar-refractivity contribution in [3.63, 3.8) is 0 Å². The average molecular weight is 288 g/mol. The van der Waals surface area contributed by atoms with Gasteiger partial charge < -0.3 is 11.1 Å². The minimum atomic E-state index is -0.531. The number of nitrogens with two attached hydrogens (primary N) is 1. The number of nitrogens with one attached hydrogen (secondary N) is 2. The van der Waals surface area contributed by atoms with Crippen molar-refractivity contribution in [2.24, 2.45) is 11.1 Å². The fourth-order valence-corrected chi connectivity index (χ4v) is 1.75. The van der Waals surface area contributed by atoms with Crippen LogP contribution in [0.1, 0.15) is 26.3 Å². The number of hydrogen-bond acceptors (Lipinski definition) is 5. The van der Waals surface area contributed by atoms with Crippen molar-refractivity contribution in [3.05, 3.63) is 29.8 Å². The second-order valence-corrected chi connectivity index (χ2v) is 5.99. The summed E-state index contributed by atoms with van der Waals surface area (Å²) in [6.45, 7) is 6.26. The second kappa shape index (κ2) is 6.01. The highest BCUT2D eigenvalue weighted by Crippen LogP contribution is 2.17. The third-order valence-corrected chi connectivity index (χ3v) is 3.24. The van der Waals surface area contributed by atoms with Crippen molar-refractivity contribution in [2.45, 2.75) is 33.4 Å². The van der Waals surface area contributed by atoms with Crippen molar-refractivity contribution in [1.82, 2.24) is 25.9 Å². The van der Waals surface area contributed by atoms with E-state index in [-0.39, 0.29) is 11.3 Å². The summed E-state index contributed by atoms with van der Waals surface area (Å²) in [5.41, 5.74) is 7.50. The second-order valence-electron chi connectivity index (χ2n) is 5.99. The van der Waals surface area contributed by atoms with Crippen molar-refractivity contribution >= 4 is 5.91 Å². The van der Waals surface area contributed by atoms with Crippen LogP contribution < -0.4 is 11.1 Å². The Morgan fingerprint density at radius 2 is 2.00 bits per heavy atom. The lowest BCUT2D eigenvalue weighted by Gasteiger charge is -2.25. The highest BCUT2D eigenvalue weighted by atomic mass is 16.2. The number of tetrazole rings is 1. The van der Waals surface area contributed by atoms with Crippen LogP contribution in [0.25, 0.3) is 11.4 Å². The minimum Gasteiger partial charge on any atom is -0.351 e. The standard InChI is InChI=1S/C14H20N6O/c1-14(2,3)11(15)13(21)16-8-9-4-6-10(7-5-9)12-17-19-20-18-12/h4-7,11H,8,15H2,1-3H3,(H,16,21)(H,17,18,19,20)/t11-/m1/s1. The van der Waals surface area contributed by atoms with Gasteiger partial charge in [0.2, 0.25) is 11.7 Å². The van der Waals surface area contributed by atoms with Crippen LogP contribution in [0.5, 0.6) is 0 Å². The summed E-state index contributed by atoms with van der Waals surface area (Å²) < 4.78 is 0. The first-order valence-corrected chi connectivity index (χ1v) is 6.74. The van der Waals surface area contributed by atoms with Gasteiger partial charge in [0.05, 0.1) is 6.04 Å².